The molecule has 2 rings (SSSR count). The summed E-state index contributed by atoms with van der Waals surface area (Å²) in [5.41, 5.74) is 7.13. The predicted molar refractivity (Wildman–Crippen MR) is 51.0 cm³/mol. The lowest BCUT2D eigenvalue weighted by Crippen LogP contribution is -2.03. The lowest BCUT2D eigenvalue weighted by Gasteiger charge is -2.11. The summed E-state index contributed by atoms with van der Waals surface area (Å²) in [6, 6.07) is 1.73. The molecule has 1 unspecified atom stereocenters. The van der Waals surface area contributed by atoms with E-state index in [1.165, 1.54) is 12.8 Å². The first-order valence-corrected chi connectivity index (χ1v) is 4.65. The van der Waals surface area contributed by atoms with E-state index in [0.717, 1.165) is 12.0 Å². The minimum Gasteiger partial charge on any atom is -0.398 e. The molecule has 3 heteroatoms. The molecule has 0 saturated heterocycles. The number of hydrogen-bond donors (Lipinski definition) is 2. The summed E-state index contributed by atoms with van der Waals surface area (Å²) in [5.74, 6) is 0.703. The third kappa shape index (κ3) is 1.98. The van der Waals surface area contributed by atoms with Crippen molar-refractivity contribution in [2.24, 2.45) is 5.92 Å². The van der Waals surface area contributed by atoms with E-state index in [-0.39, 0.29) is 0 Å². The van der Waals surface area contributed by atoms with Gasteiger partial charge in [0, 0.05) is 23.6 Å². The fourth-order valence-corrected chi connectivity index (χ4v) is 1.49. The van der Waals surface area contributed by atoms with Gasteiger partial charge in [0.25, 0.3) is 0 Å². The van der Waals surface area contributed by atoms with Crippen molar-refractivity contribution in [3.05, 3.63) is 24.0 Å². The van der Waals surface area contributed by atoms with Crippen molar-refractivity contribution >= 4 is 5.69 Å². The van der Waals surface area contributed by atoms with Crippen molar-refractivity contribution < 1.29 is 5.11 Å². The highest BCUT2D eigenvalue weighted by atomic mass is 16.3. The molecule has 1 aliphatic rings. The van der Waals surface area contributed by atoms with Crippen LogP contribution >= 0.6 is 0 Å². The van der Waals surface area contributed by atoms with Crippen LogP contribution in [0, 0.1) is 5.92 Å². The monoisotopic (exact) mass is 178 g/mol. The lowest BCUT2D eigenvalue weighted by molar-refractivity contribution is 0.160. The normalized spacial score (nSPS) is 18.5. The van der Waals surface area contributed by atoms with E-state index in [9.17, 15) is 5.11 Å². The Hall–Kier alpha value is -1.09. The number of rotatable bonds is 3. The summed E-state index contributed by atoms with van der Waals surface area (Å²) < 4.78 is 0. The maximum atomic E-state index is 9.79. The molecule has 1 atom stereocenters. The lowest BCUT2D eigenvalue weighted by atomic mass is 10.0. The quantitative estimate of drug-likeness (QED) is 0.737. The van der Waals surface area contributed by atoms with Crippen LogP contribution in [0.3, 0.4) is 0 Å². The minimum atomic E-state index is -0.429. The zero-order valence-corrected chi connectivity index (χ0v) is 7.48. The van der Waals surface area contributed by atoms with Crippen molar-refractivity contribution in [2.45, 2.75) is 25.4 Å². The first kappa shape index (κ1) is 8.51. The van der Waals surface area contributed by atoms with Crippen molar-refractivity contribution in [3.63, 3.8) is 0 Å². The second-order valence-corrected chi connectivity index (χ2v) is 3.70. The molecular weight excluding hydrogens is 164 g/mol. The Balaban J connectivity index is 2.09. The molecule has 0 amide bonds. The number of hydrogen-bond acceptors (Lipinski definition) is 3. The summed E-state index contributed by atoms with van der Waals surface area (Å²) in [7, 11) is 0. The first-order valence-electron chi connectivity index (χ1n) is 4.65. The molecule has 0 spiro atoms. The average Bonchev–Trinajstić information content (AvgIpc) is 2.89. The van der Waals surface area contributed by atoms with E-state index >= 15 is 0 Å². The summed E-state index contributed by atoms with van der Waals surface area (Å²) in [5, 5.41) is 9.79. The van der Waals surface area contributed by atoms with E-state index in [4.69, 9.17) is 5.73 Å². The summed E-state index contributed by atoms with van der Waals surface area (Å²) in [6.45, 7) is 0. The Kier molecular flexibility index (Phi) is 2.19. The van der Waals surface area contributed by atoms with Crippen LogP contribution in [0.1, 0.15) is 30.9 Å². The standard InChI is InChI=1S/C10H14N2O/c11-9-3-4-12-6-8(9)10(13)5-7-1-2-7/h3-4,6-7,10,13H,1-2,5H2,(H2,11,12). The molecule has 1 aromatic rings. The van der Waals surface area contributed by atoms with Crippen molar-refractivity contribution in [1.82, 2.24) is 4.98 Å². The Morgan fingerprint density at radius 1 is 1.62 bits per heavy atom. The maximum absolute atomic E-state index is 9.79. The molecule has 13 heavy (non-hydrogen) atoms. The zero-order chi connectivity index (χ0) is 9.26. The van der Waals surface area contributed by atoms with Gasteiger partial charge in [0.2, 0.25) is 0 Å². The number of aliphatic hydroxyl groups is 1. The van der Waals surface area contributed by atoms with Gasteiger partial charge in [-0.3, -0.25) is 4.98 Å². The topological polar surface area (TPSA) is 59.1 Å². The number of nitrogens with zero attached hydrogens (tertiary/aromatic N) is 1. The molecule has 0 aliphatic heterocycles. The average molecular weight is 178 g/mol. The molecule has 1 aromatic heterocycles. The van der Waals surface area contributed by atoms with Gasteiger partial charge in [0.1, 0.15) is 0 Å². The van der Waals surface area contributed by atoms with Gasteiger partial charge in [-0.1, -0.05) is 12.8 Å². The minimum absolute atomic E-state index is 0.429. The number of aliphatic hydroxyl groups excluding tert-OH is 1. The molecule has 1 heterocycles. The molecule has 3 N–H and O–H groups in total. The van der Waals surface area contributed by atoms with E-state index < -0.39 is 6.10 Å². The Labute approximate surface area is 77.6 Å². The van der Waals surface area contributed by atoms with Gasteiger partial charge in [0.05, 0.1) is 6.10 Å². The molecule has 0 aromatic carbocycles. The third-order valence-electron chi connectivity index (χ3n) is 2.50. The van der Waals surface area contributed by atoms with Gasteiger partial charge in [0.15, 0.2) is 0 Å². The number of pyridine rings is 1. The molecule has 1 fully saturated rings. The molecule has 1 aliphatic carbocycles. The smallest absolute Gasteiger partial charge is 0.0827 e. The number of nitrogens with two attached hydrogens (primary N) is 1. The Morgan fingerprint density at radius 3 is 3.00 bits per heavy atom. The van der Waals surface area contributed by atoms with Gasteiger partial charge in [-0.15, -0.1) is 0 Å². The molecule has 70 valence electrons. The highest BCUT2D eigenvalue weighted by molar-refractivity contribution is 5.45. The molecule has 0 radical (unpaired) electrons. The predicted octanol–water partition coefficient (Wildman–Crippen LogP) is 1.50. The van der Waals surface area contributed by atoms with Crippen LogP contribution in [0.15, 0.2) is 18.5 Å². The molecule has 0 bridgehead atoms. The van der Waals surface area contributed by atoms with Crippen LogP contribution < -0.4 is 5.73 Å². The van der Waals surface area contributed by atoms with Gasteiger partial charge in [-0.2, -0.15) is 0 Å². The van der Waals surface area contributed by atoms with Gasteiger partial charge >= 0.3 is 0 Å². The number of aromatic nitrogens is 1. The van der Waals surface area contributed by atoms with Crippen LogP contribution in [-0.4, -0.2) is 10.1 Å². The Morgan fingerprint density at radius 2 is 2.38 bits per heavy atom. The van der Waals surface area contributed by atoms with Crippen LogP contribution in [0.4, 0.5) is 5.69 Å². The summed E-state index contributed by atoms with van der Waals surface area (Å²) in [4.78, 5) is 3.95. The first-order chi connectivity index (χ1) is 6.27. The second-order valence-electron chi connectivity index (χ2n) is 3.70. The van der Waals surface area contributed by atoms with Crippen LogP contribution in [0.2, 0.25) is 0 Å². The summed E-state index contributed by atoms with van der Waals surface area (Å²) in [6.07, 6.45) is 6.19. The van der Waals surface area contributed by atoms with Crippen LogP contribution in [0.25, 0.3) is 0 Å². The highest BCUT2D eigenvalue weighted by Gasteiger charge is 2.25. The van der Waals surface area contributed by atoms with E-state index in [1.54, 1.807) is 18.5 Å². The van der Waals surface area contributed by atoms with E-state index in [0.29, 0.717) is 11.6 Å². The Bertz CT molecular complexity index is 297. The second kappa shape index (κ2) is 3.34. The molecule has 1 saturated carbocycles. The SMILES string of the molecule is Nc1ccncc1C(O)CC1CC1. The maximum Gasteiger partial charge on any atom is 0.0827 e. The van der Waals surface area contributed by atoms with E-state index in [2.05, 4.69) is 4.98 Å². The fourth-order valence-electron chi connectivity index (χ4n) is 1.49. The van der Waals surface area contributed by atoms with Crippen molar-refractivity contribution in [2.75, 3.05) is 5.73 Å². The third-order valence-corrected chi connectivity index (χ3v) is 2.50. The van der Waals surface area contributed by atoms with Crippen molar-refractivity contribution in [1.29, 1.82) is 0 Å². The van der Waals surface area contributed by atoms with Gasteiger partial charge in [-0.25, -0.2) is 0 Å². The molecule has 3 nitrogen and oxygen atoms in total. The number of anilines is 1. The highest BCUT2D eigenvalue weighted by Crippen LogP contribution is 2.38. The fraction of sp³-hybridized carbons (Fsp3) is 0.500. The van der Waals surface area contributed by atoms with Crippen LogP contribution in [-0.2, 0) is 0 Å². The van der Waals surface area contributed by atoms with Gasteiger partial charge < -0.3 is 10.8 Å². The number of nitrogen functional groups attached to an aromatic ring is 1. The van der Waals surface area contributed by atoms with Gasteiger partial charge in [-0.05, 0) is 18.4 Å². The van der Waals surface area contributed by atoms with Crippen molar-refractivity contribution in [3.8, 4) is 0 Å². The zero-order valence-electron chi connectivity index (χ0n) is 7.48. The van der Waals surface area contributed by atoms with E-state index in [1.807, 2.05) is 0 Å². The molecular formula is C10H14N2O. The summed E-state index contributed by atoms with van der Waals surface area (Å²) >= 11 is 0. The van der Waals surface area contributed by atoms with Crippen LogP contribution in [0.5, 0.6) is 0 Å². The largest absolute Gasteiger partial charge is 0.398 e.